The van der Waals surface area contributed by atoms with Gasteiger partial charge in [-0.3, -0.25) is 14.9 Å². The number of nitrogens with one attached hydrogen (secondary N) is 1. The van der Waals surface area contributed by atoms with Crippen molar-refractivity contribution in [3.05, 3.63) is 38.9 Å². The van der Waals surface area contributed by atoms with E-state index in [1.165, 1.54) is 12.1 Å². The van der Waals surface area contributed by atoms with E-state index in [0.29, 0.717) is 5.92 Å². The van der Waals surface area contributed by atoms with E-state index in [4.69, 9.17) is 16.3 Å². The van der Waals surface area contributed by atoms with Crippen molar-refractivity contribution in [3.8, 4) is 0 Å². The maximum absolute atomic E-state index is 12.0. The first-order valence-corrected chi connectivity index (χ1v) is 8.49. The quantitative estimate of drug-likeness (QED) is 0.405. The third-order valence-electron chi connectivity index (χ3n) is 3.54. The van der Waals surface area contributed by atoms with Crippen LogP contribution in [0.3, 0.4) is 0 Å². The second-order valence-corrected chi connectivity index (χ2v) is 6.70. The van der Waals surface area contributed by atoms with Gasteiger partial charge in [-0.2, -0.15) is 0 Å². The van der Waals surface area contributed by atoms with E-state index in [9.17, 15) is 19.7 Å². The zero-order valence-corrected chi connectivity index (χ0v) is 15.3. The fourth-order valence-corrected chi connectivity index (χ4v) is 2.41. The van der Waals surface area contributed by atoms with Crippen LogP contribution in [0.25, 0.3) is 0 Å². The molecule has 1 amide bonds. The highest BCUT2D eigenvalue weighted by atomic mass is 35.5. The summed E-state index contributed by atoms with van der Waals surface area (Å²) in [5, 5.41) is 13.5. The number of amides is 1. The van der Waals surface area contributed by atoms with Crippen LogP contribution in [0.2, 0.25) is 5.02 Å². The Morgan fingerprint density at radius 1 is 1.28 bits per heavy atom. The number of nitro groups is 1. The molecule has 0 aliphatic carbocycles. The number of carbonyl (C=O) groups is 2. The van der Waals surface area contributed by atoms with Gasteiger partial charge in [-0.15, -0.1) is 0 Å². The fourth-order valence-electron chi connectivity index (χ4n) is 2.21. The molecule has 0 saturated carbocycles. The van der Waals surface area contributed by atoms with Gasteiger partial charge in [0, 0.05) is 18.2 Å². The summed E-state index contributed by atoms with van der Waals surface area (Å²) in [7, 11) is 0. The Labute approximate surface area is 151 Å². The first-order chi connectivity index (χ1) is 11.7. The number of rotatable bonds is 9. The van der Waals surface area contributed by atoms with Crippen molar-refractivity contribution in [2.24, 2.45) is 5.92 Å². The summed E-state index contributed by atoms with van der Waals surface area (Å²) in [6.45, 7) is 5.70. The Morgan fingerprint density at radius 3 is 2.56 bits per heavy atom. The minimum atomic E-state index is -0.878. The summed E-state index contributed by atoms with van der Waals surface area (Å²) in [5.41, 5.74) is -0.423. The van der Waals surface area contributed by atoms with Crippen LogP contribution in [-0.4, -0.2) is 29.4 Å². The smallest absolute Gasteiger partial charge is 0.340 e. The number of hydrogen-bond donors (Lipinski definition) is 1. The molecule has 1 aromatic carbocycles. The van der Waals surface area contributed by atoms with Gasteiger partial charge >= 0.3 is 5.97 Å². The summed E-state index contributed by atoms with van der Waals surface area (Å²) in [6.07, 6.45) is 2.93. The Bertz CT molecular complexity index is 633. The lowest BCUT2D eigenvalue weighted by molar-refractivity contribution is -0.384. The van der Waals surface area contributed by atoms with Gasteiger partial charge in [-0.05, 0) is 25.3 Å². The molecule has 1 aromatic rings. The van der Waals surface area contributed by atoms with Crippen LogP contribution in [0, 0.1) is 16.0 Å². The third-order valence-corrected chi connectivity index (χ3v) is 3.87. The summed E-state index contributed by atoms with van der Waals surface area (Å²) >= 11 is 5.85. The molecule has 7 nitrogen and oxygen atoms in total. The molecular weight excluding hydrogens is 348 g/mol. The zero-order valence-electron chi connectivity index (χ0n) is 14.6. The van der Waals surface area contributed by atoms with Crippen LogP contribution >= 0.6 is 11.6 Å². The number of halogens is 1. The molecule has 0 unspecified atom stereocenters. The van der Waals surface area contributed by atoms with Gasteiger partial charge in [-0.1, -0.05) is 38.3 Å². The van der Waals surface area contributed by atoms with Crippen LogP contribution in [-0.2, 0) is 9.53 Å². The molecule has 1 atom stereocenters. The number of esters is 1. The topological polar surface area (TPSA) is 98.5 Å². The summed E-state index contributed by atoms with van der Waals surface area (Å²) in [6, 6.07) is 3.43. The monoisotopic (exact) mass is 370 g/mol. The zero-order chi connectivity index (χ0) is 19.0. The molecule has 0 saturated heterocycles. The lowest BCUT2D eigenvalue weighted by Gasteiger charge is -2.14. The van der Waals surface area contributed by atoms with Crippen molar-refractivity contribution in [2.45, 2.75) is 46.1 Å². The van der Waals surface area contributed by atoms with E-state index in [0.717, 1.165) is 25.3 Å². The Hall–Kier alpha value is -2.15. The van der Waals surface area contributed by atoms with Crippen molar-refractivity contribution in [1.29, 1.82) is 0 Å². The first-order valence-electron chi connectivity index (χ1n) is 8.11. The first kappa shape index (κ1) is 20.9. The van der Waals surface area contributed by atoms with Crippen LogP contribution in [0.5, 0.6) is 0 Å². The van der Waals surface area contributed by atoms with Crippen molar-refractivity contribution >= 4 is 29.2 Å². The molecular formula is C17H23ClN2O5. The van der Waals surface area contributed by atoms with Gasteiger partial charge in [0.2, 0.25) is 0 Å². The highest BCUT2D eigenvalue weighted by molar-refractivity contribution is 6.33. The summed E-state index contributed by atoms with van der Waals surface area (Å²) in [5.74, 6) is -0.688. The predicted octanol–water partition coefficient (Wildman–Crippen LogP) is 3.74. The maximum atomic E-state index is 12.0. The van der Waals surface area contributed by atoms with Crippen LogP contribution in [0.1, 0.15) is 50.4 Å². The minimum absolute atomic E-state index is 0.0219. The molecule has 0 aliphatic rings. The van der Waals surface area contributed by atoms with Crippen LogP contribution in [0.15, 0.2) is 18.2 Å². The van der Waals surface area contributed by atoms with Gasteiger partial charge in [0.15, 0.2) is 6.61 Å². The molecule has 0 aromatic heterocycles. The highest BCUT2D eigenvalue weighted by Gasteiger charge is 2.18. The van der Waals surface area contributed by atoms with E-state index in [-0.39, 0.29) is 22.3 Å². The molecule has 1 rings (SSSR count). The molecule has 0 heterocycles. The molecule has 0 radical (unpaired) electrons. The van der Waals surface area contributed by atoms with E-state index in [2.05, 4.69) is 19.2 Å². The fraction of sp³-hybridized carbons (Fsp3) is 0.529. The SMILES string of the molecule is CC(C)CCC[C@H](C)NC(=O)COC(=O)c1cc([N+](=O)[O-])ccc1Cl. The molecule has 0 aliphatic heterocycles. The van der Waals surface area contributed by atoms with Gasteiger partial charge in [0.05, 0.1) is 15.5 Å². The molecule has 0 fully saturated rings. The van der Waals surface area contributed by atoms with Gasteiger partial charge in [0.1, 0.15) is 0 Å². The lowest BCUT2D eigenvalue weighted by atomic mass is 10.0. The van der Waals surface area contributed by atoms with E-state index in [1.807, 2.05) is 6.92 Å². The average Bonchev–Trinajstić information content (AvgIpc) is 2.52. The van der Waals surface area contributed by atoms with Crippen molar-refractivity contribution in [2.75, 3.05) is 6.61 Å². The minimum Gasteiger partial charge on any atom is -0.452 e. The average molecular weight is 371 g/mol. The van der Waals surface area contributed by atoms with Crippen molar-refractivity contribution in [3.63, 3.8) is 0 Å². The Kier molecular flexibility index (Phi) is 8.34. The number of ether oxygens (including phenoxy) is 1. The summed E-state index contributed by atoms with van der Waals surface area (Å²) < 4.78 is 4.89. The molecule has 138 valence electrons. The van der Waals surface area contributed by atoms with Gasteiger partial charge < -0.3 is 10.1 Å². The van der Waals surface area contributed by atoms with E-state index < -0.39 is 23.4 Å². The highest BCUT2D eigenvalue weighted by Crippen LogP contribution is 2.22. The Morgan fingerprint density at radius 2 is 1.96 bits per heavy atom. The molecule has 0 spiro atoms. The standard InChI is InChI=1S/C17H23ClN2O5/c1-11(2)5-4-6-12(3)19-16(21)10-25-17(22)14-9-13(20(23)24)7-8-15(14)18/h7-9,11-12H,4-6,10H2,1-3H3,(H,19,21)/t12-/m0/s1. The van der Waals surface area contributed by atoms with Crippen molar-refractivity contribution < 1.29 is 19.2 Å². The lowest BCUT2D eigenvalue weighted by Crippen LogP contribution is -2.35. The molecule has 0 bridgehead atoms. The number of nitrogens with zero attached hydrogens (tertiary/aromatic N) is 1. The van der Waals surface area contributed by atoms with Crippen LogP contribution < -0.4 is 5.32 Å². The third kappa shape index (κ3) is 7.51. The van der Waals surface area contributed by atoms with Gasteiger partial charge in [-0.25, -0.2) is 4.79 Å². The predicted molar refractivity (Wildman–Crippen MR) is 94.7 cm³/mol. The van der Waals surface area contributed by atoms with Crippen LogP contribution in [0.4, 0.5) is 5.69 Å². The number of nitro benzene ring substituents is 1. The molecule has 1 N–H and O–H groups in total. The Balaban J connectivity index is 2.49. The van der Waals surface area contributed by atoms with Crippen molar-refractivity contribution in [1.82, 2.24) is 5.32 Å². The van der Waals surface area contributed by atoms with E-state index >= 15 is 0 Å². The van der Waals surface area contributed by atoms with E-state index in [1.54, 1.807) is 0 Å². The summed E-state index contributed by atoms with van der Waals surface area (Å²) in [4.78, 5) is 33.9. The number of non-ortho nitro benzene ring substituents is 1. The molecule has 8 heteroatoms. The maximum Gasteiger partial charge on any atom is 0.340 e. The largest absolute Gasteiger partial charge is 0.452 e. The number of benzene rings is 1. The van der Waals surface area contributed by atoms with Gasteiger partial charge in [0.25, 0.3) is 11.6 Å². The normalized spacial score (nSPS) is 11.9. The second kappa shape index (κ2) is 9.98. The second-order valence-electron chi connectivity index (χ2n) is 6.29. The molecule has 25 heavy (non-hydrogen) atoms. The number of carbonyl (C=O) groups excluding carboxylic acids is 2. The number of hydrogen-bond acceptors (Lipinski definition) is 5.